The Balaban J connectivity index is 1.84. The summed E-state index contributed by atoms with van der Waals surface area (Å²) in [5.74, 6) is 0.201. The van der Waals surface area contributed by atoms with Crippen molar-refractivity contribution in [1.29, 1.82) is 0 Å². The number of carbonyl (C=O) groups excluding carboxylic acids is 1. The number of nitrogens with two attached hydrogens (primary N) is 1. The molecule has 1 atom stereocenters. The van der Waals surface area contributed by atoms with Crippen LogP contribution in [0.2, 0.25) is 0 Å². The monoisotopic (exact) mass is 288 g/mol. The Hall–Kier alpha value is -1.55. The lowest BCUT2D eigenvalue weighted by atomic mass is 10.0. The van der Waals surface area contributed by atoms with Crippen LogP contribution in [0.15, 0.2) is 18.2 Å². The van der Waals surface area contributed by atoms with Gasteiger partial charge < -0.3 is 15.4 Å². The van der Waals surface area contributed by atoms with E-state index in [1.807, 2.05) is 23.1 Å². The Labute approximate surface area is 126 Å². The summed E-state index contributed by atoms with van der Waals surface area (Å²) in [6.45, 7) is 4.89. The number of fused-ring (bicyclic) bond motifs is 1. The molecular formula is C17H24N2O2. The molecule has 0 radical (unpaired) electrons. The van der Waals surface area contributed by atoms with Crippen LogP contribution in [0.1, 0.15) is 45.1 Å². The number of carbonyl (C=O) groups is 1. The topological polar surface area (TPSA) is 55.6 Å². The Morgan fingerprint density at radius 2 is 2.19 bits per heavy atom. The first-order valence-corrected chi connectivity index (χ1v) is 7.81. The molecular weight excluding hydrogens is 264 g/mol. The highest BCUT2D eigenvalue weighted by Gasteiger charge is 2.34. The predicted molar refractivity (Wildman–Crippen MR) is 84.3 cm³/mol. The van der Waals surface area contributed by atoms with Crippen LogP contribution in [0.4, 0.5) is 11.4 Å². The Morgan fingerprint density at radius 3 is 2.90 bits per heavy atom. The van der Waals surface area contributed by atoms with Gasteiger partial charge in [-0.05, 0) is 63.3 Å². The molecule has 1 saturated heterocycles. The predicted octanol–water partition coefficient (Wildman–Crippen LogP) is 2.90. The fourth-order valence-electron chi connectivity index (χ4n) is 3.38. The van der Waals surface area contributed by atoms with Crippen molar-refractivity contribution in [2.24, 2.45) is 0 Å². The lowest BCUT2D eigenvalue weighted by molar-refractivity contribution is -0.119. The zero-order valence-corrected chi connectivity index (χ0v) is 12.9. The number of anilines is 2. The summed E-state index contributed by atoms with van der Waals surface area (Å²) in [6.07, 6.45) is 4.61. The van der Waals surface area contributed by atoms with E-state index >= 15 is 0 Å². The van der Waals surface area contributed by atoms with Crippen LogP contribution < -0.4 is 10.6 Å². The van der Waals surface area contributed by atoms with Crippen molar-refractivity contribution in [1.82, 2.24) is 0 Å². The molecule has 21 heavy (non-hydrogen) atoms. The molecule has 3 rings (SSSR count). The highest BCUT2D eigenvalue weighted by Crippen LogP contribution is 2.33. The first-order chi connectivity index (χ1) is 9.94. The maximum atomic E-state index is 12.5. The van der Waals surface area contributed by atoms with Gasteiger partial charge in [0.25, 0.3) is 0 Å². The summed E-state index contributed by atoms with van der Waals surface area (Å²) in [7, 11) is 0. The van der Waals surface area contributed by atoms with Crippen LogP contribution in [0, 0.1) is 0 Å². The number of rotatable bonds is 2. The fraction of sp³-hybridized carbons (Fsp3) is 0.588. The normalized spacial score (nSPS) is 24.8. The summed E-state index contributed by atoms with van der Waals surface area (Å²) < 4.78 is 6.06. The van der Waals surface area contributed by atoms with E-state index in [-0.39, 0.29) is 17.6 Å². The molecule has 1 amide bonds. The van der Waals surface area contributed by atoms with E-state index in [4.69, 9.17) is 10.5 Å². The lowest BCUT2D eigenvalue weighted by Crippen LogP contribution is -2.38. The fourth-order valence-corrected chi connectivity index (χ4v) is 3.38. The Morgan fingerprint density at radius 1 is 1.38 bits per heavy atom. The first-order valence-electron chi connectivity index (χ1n) is 7.81. The molecule has 1 fully saturated rings. The third-order valence-corrected chi connectivity index (χ3v) is 4.47. The zero-order valence-electron chi connectivity index (χ0n) is 12.9. The van der Waals surface area contributed by atoms with E-state index in [2.05, 4.69) is 13.8 Å². The van der Waals surface area contributed by atoms with Crippen LogP contribution in [-0.4, -0.2) is 24.2 Å². The average Bonchev–Trinajstić information content (AvgIpc) is 2.68. The number of nitrogens with zero attached hydrogens (tertiary/aromatic N) is 1. The molecule has 4 nitrogen and oxygen atoms in total. The third-order valence-electron chi connectivity index (χ3n) is 4.47. The minimum absolute atomic E-state index is 0.0660. The van der Waals surface area contributed by atoms with Gasteiger partial charge in [-0.1, -0.05) is 0 Å². The summed E-state index contributed by atoms with van der Waals surface area (Å²) in [4.78, 5) is 14.4. The summed E-state index contributed by atoms with van der Waals surface area (Å²) in [5, 5.41) is 0. The van der Waals surface area contributed by atoms with Gasteiger partial charge in [-0.25, -0.2) is 0 Å². The van der Waals surface area contributed by atoms with Crippen LogP contribution >= 0.6 is 0 Å². The molecule has 0 bridgehead atoms. The van der Waals surface area contributed by atoms with E-state index in [1.54, 1.807) is 0 Å². The first kappa shape index (κ1) is 14.4. The third kappa shape index (κ3) is 3.05. The SMILES string of the molecule is CC1(C)CCC(CN2C(=O)CCCc3cc(N)ccc32)O1. The largest absolute Gasteiger partial charge is 0.399 e. The van der Waals surface area contributed by atoms with Gasteiger partial charge in [-0.2, -0.15) is 0 Å². The number of benzene rings is 1. The lowest BCUT2D eigenvalue weighted by Gasteiger charge is -2.27. The second kappa shape index (κ2) is 5.34. The van der Waals surface area contributed by atoms with Crippen molar-refractivity contribution in [2.75, 3.05) is 17.2 Å². The number of hydrogen-bond acceptors (Lipinski definition) is 3. The maximum Gasteiger partial charge on any atom is 0.227 e. The quantitative estimate of drug-likeness (QED) is 0.851. The van der Waals surface area contributed by atoms with Crippen molar-refractivity contribution >= 4 is 17.3 Å². The number of aryl methyl sites for hydroxylation is 1. The number of nitrogen functional groups attached to an aromatic ring is 1. The standard InChI is InChI=1S/C17H24N2O2/c1-17(2)9-8-14(21-17)11-19-15-7-6-13(18)10-12(15)4-3-5-16(19)20/h6-7,10,14H,3-5,8-9,11,18H2,1-2H3. The molecule has 0 saturated carbocycles. The van der Waals surface area contributed by atoms with Gasteiger partial charge in [-0.15, -0.1) is 0 Å². The molecule has 2 aliphatic heterocycles. The number of amides is 1. The number of hydrogen-bond donors (Lipinski definition) is 1. The molecule has 2 heterocycles. The molecule has 4 heteroatoms. The average molecular weight is 288 g/mol. The molecule has 1 aromatic carbocycles. The summed E-state index contributed by atoms with van der Waals surface area (Å²) >= 11 is 0. The second-order valence-corrected chi connectivity index (χ2v) is 6.78. The molecule has 114 valence electrons. The van der Waals surface area contributed by atoms with Gasteiger partial charge in [0.15, 0.2) is 0 Å². The molecule has 1 unspecified atom stereocenters. The van der Waals surface area contributed by atoms with Crippen LogP contribution in [-0.2, 0) is 16.0 Å². The van der Waals surface area contributed by atoms with E-state index in [9.17, 15) is 4.79 Å². The number of ether oxygens (including phenoxy) is 1. The summed E-state index contributed by atoms with van der Waals surface area (Å²) in [6, 6.07) is 5.86. The zero-order chi connectivity index (χ0) is 15.0. The van der Waals surface area contributed by atoms with Gasteiger partial charge in [0.05, 0.1) is 18.2 Å². The molecule has 0 aliphatic carbocycles. The van der Waals surface area contributed by atoms with Gasteiger partial charge in [-0.3, -0.25) is 4.79 Å². The molecule has 2 aliphatic rings. The van der Waals surface area contributed by atoms with Crippen molar-refractivity contribution < 1.29 is 9.53 Å². The van der Waals surface area contributed by atoms with E-state index in [0.717, 1.165) is 37.1 Å². The van der Waals surface area contributed by atoms with E-state index in [1.165, 1.54) is 5.56 Å². The van der Waals surface area contributed by atoms with E-state index in [0.29, 0.717) is 13.0 Å². The van der Waals surface area contributed by atoms with Gasteiger partial charge >= 0.3 is 0 Å². The Bertz CT molecular complexity index is 554. The minimum Gasteiger partial charge on any atom is -0.399 e. The van der Waals surface area contributed by atoms with Crippen LogP contribution in [0.3, 0.4) is 0 Å². The summed E-state index contributed by atoms with van der Waals surface area (Å²) in [5.41, 5.74) is 8.78. The highest BCUT2D eigenvalue weighted by molar-refractivity contribution is 5.95. The molecule has 1 aromatic rings. The maximum absolute atomic E-state index is 12.5. The van der Waals surface area contributed by atoms with Gasteiger partial charge in [0.1, 0.15) is 0 Å². The second-order valence-electron chi connectivity index (χ2n) is 6.78. The van der Waals surface area contributed by atoms with Crippen molar-refractivity contribution in [3.63, 3.8) is 0 Å². The van der Waals surface area contributed by atoms with Gasteiger partial charge in [0.2, 0.25) is 5.91 Å². The molecule has 2 N–H and O–H groups in total. The van der Waals surface area contributed by atoms with Crippen molar-refractivity contribution in [3.05, 3.63) is 23.8 Å². The van der Waals surface area contributed by atoms with E-state index < -0.39 is 0 Å². The van der Waals surface area contributed by atoms with Crippen molar-refractivity contribution in [3.8, 4) is 0 Å². The Kier molecular flexibility index (Phi) is 3.66. The highest BCUT2D eigenvalue weighted by atomic mass is 16.5. The minimum atomic E-state index is -0.0660. The smallest absolute Gasteiger partial charge is 0.227 e. The van der Waals surface area contributed by atoms with Crippen LogP contribution in [0.5, 0.6) is 0 Å². The van der Waals surface area contributed by atoms with Crippen LogP contribution in [0.25, 0.3) is 0 Å². The molecule has 0 spiro atoms. The van der Waals surface area contributed by atoms with Gasteiger partial charge in [0, 0.05) is 17.8 Å². The van der Waals surface area contributed by atoms with Crippen molar-refractivity contribution in [2.45, 2.75) is 57.7 Å². The molecule has 0 aromatic heterocycles.